The predicted molar refractivity (Wildman–Crippen MR) is 107 cm³/mol. The summed E-state index contributed by atoms with van der Waals surface area (Å²) in [5.74, 6) is 0.950. The monoisotopic (exact) mass is 415 g/mol. The van der Waals surface area contributed by atoms with Crippen LogP contribution in [0, 0.1) is 0 Å². The molecule has 6 N–H and O–H groups in total. The van der Waals surface area contributed by atoms with Crippen molar-refractivity contribution in [1.82, 2.24) is 19.5 Å². The highest BCUT2D eigenvalue weighted by Gasteiger charge is 2.44. The quantitative estimate of drug-likeness (QED) is 0.260. The van der Waals surface area contributed by atoms with Crippen LogP contribution in [-0.2, 0) is 4.74 Å². The molecule has 1 saturated heterocycles. The van der Waals surface area contributed by atoms with Gasteiger partial charge in [-0.05, 0) is 29.8 Å². The number of nitrogen functional groups attached to an aromatic ring is 1. The van der Waals surface area contributed by atoms with E-state index in [1.54, 1.807) is 25.5 Å². The first-order valence-electron chi connectivity index (χ1n) is 9.07. The Morgan fingerprint density at radius 2 is 2.03 bits per heavy atom. The summed E-state index contributed by atoms with van der Waals surface area (Å²) in [6, 6.07) is 7.28. The molecule has 12 heteroatoms. The normalized spacial score (nSPS) is 24.0. The van der Waals surface area contributed by atoms with E-state index in [-0.39, 0.29) is 17.4 Å². The molecule has 4 rings (SSSR count). The Labute approximate surface area is 170 Å². The van der Waals surface area contributed by atoms with Gasteiger partial charge in [0.25, 0.3) is 0 Å². The van der Waals surface area contributed by atoms with Crippen LogP contribution in [0.15, 0.2) is 35.7 Å². The van der Waals surface area contributed by atoms with E-state index >= 15 is 0 Å². The Kier molecular flexibility index (Phi) is 5.46. The highest BCUT2D eigenvalue weighted by atomic mass is 16.6. The first-order chi connectivity index (χ1) is 14.5. The number of anilines is 2. The SMILES string of the molecule is COc1ccc(/C=N/Nc2nc(N)c3ncn([C@@H]4O[C@H](CO)[C@@H](O)[C@H]4O)c3n2)cc1. The van der Waals surface area contributed by atoms with Gasteiger partial charge in [0.05, 0.1) is 26.3 Å². The maximum Gasteiger partial charge on any atom is 0.247 e. The molecule has 3 aromatic rings. The molecule has 0 bridgehead atoms. The third-order valence-electron chi connectivity index (χ3n) is 4.73. The van der Waals surface area contributed by atoms with Gasteiger partial charge in [-0.1, -0.05) is 0 Å². The summed E-state index contributed by atoms with van der Waals surface area (Å²) in [6.45, 7) is -0.439. The second-order valence-corrected chi connectivity index (χ2v) is 6.63. The molecule has 1 aromatic carbocycles. The molecule has 30 heavy (non-hydrogen) atoms. The van der Waals surface area contributed by atoms with Crippen molar-refractivity contribution in [2.75, 3.05) is 24.9 Å². The maximum absolute atomic E-state index is 10.3. The lowest BCUT2D eigenvalue weighted by Gasteiger charge is -2.16. The third kappa shape index (κ3) is 3.64. The smallest absolute Gasteiger partial charge is 0.247 e. The molecule has 12 nitrogen and oxygen atoms in total. The first kappa shape index (κ1) is 20.0. The standard InChI is InChI=1S/C18H21N7O5/c1-29-10-4-2-9(3-5-10)6-21-24-18-22-15(19)12-16(23-18)25(8-20-12)17-14(28)13(27)11(7-26)30-17/h2-6,8,11,13-14,17,26-28H,7H2,1H3,(H3,19,22,23,24)/b21-6+/t11-,13-,14-,17-/m1/s1. The molecule has 0 unspecified atom stereocenters. The number of ether oxygens (including phenoxy) is 2. The van der Waals surface area contributed by atoms with E-state index in [0.717, 1.165) is 11.3 Å². The fraction of sp³-hybridized carbons (Fsp3) is 0.333. The molecule has 0 saturated carbocycles. The van der Waals surface area contributed by atoms with Gasteiger partial charge >= 0.3 is 0 Å². The first-order valence-corrected chi connectivity index (χ1v) is 9.07. The number of nitrogens with one attached hydrogen (secondary N) is 1. The van der Waals surface area contributed by atoms with Crippen LogP contribution in [0.5, 0.6) is 5.75 Å². The molecule has 0 amide bonds. The number of nitrogens with two attached hydrogens (primary N) is 1. The van der Waals surface area contributed by atoms with Crippen LogP contribution in [0.1, 0.15) is 11.8 Å². The summed E-state index contributed by atoms with van der Waals surface area (Å²) in [7, 11) is 1.59. The number of nitrogens with zero attached hydrogens (tertiary/aromatic N) is 5. The van der Waals surface area contributed by atoms with Crippen molar-refractivity contribution in [3.63, 3.8) is 0 Å². The Hall–Kier alpha value is -3.32. The molecule has 0 radical (unpaired) electrons. The molecule has 2 aromatic heterocycles. The van der Waals surface area contributed by atoms with Crippen molar-refractivity contribution >= 4 is 29.1 Å². The molecule has 3 heterocycles. The zero-order valence-corrected chi connectivity index (χ0v) is 16.0. The minimum absolute atomic E-state index is 0.104. The van der Waals surface area contributed by atoms with Gasteiger partial charge in [-0.2, -0.15) is 15.1 Å². The Morgan fingerprint density at radius 1 is 1.27 bits per heavy atom. The topological polar surface area (TPSA) is 173 Å². The number of methoxy groups -OCH3 is 1. The average molecular weight is 415 g/mol. The number of imidazole rings is 1. The maximum atomic E-state index is 10.3. The third-order valence-corrected chi connectivity index (χ3v) is 4.73. The molecule has 0 spiro atoms. The molecule has 1 aliphatic rings. The number of hydrogen-bond acceptors (Lipinski definition) is 11. The highest BCUT2D eigenvalue weighted by Crippen LogP contribution is 2.32. The zero-order valence-electron chi connectivity index (χ0n) is 16.0. The largest absolute Gasteiger partial charge is 0.497 e. The van der Waals surface area contributed by atoms with E-state index in [4.69, 9.17) is 15.2 Å². The van der Waals surface area contributed by atoms with E-state index in [1.165, 1.54) is 10.9 Å². The van der Waals surface area contributed by atoms with Gasteiger partial charge in [-0.15, -0.1) is 0 Å². The number of aliphatic hydroxyl groups excluding tert-OH is 3. The van der Waals surface area contributed by atoms with Gasteiger partial charge in [-0.25, -0.2) is 10.4 Å². The molecule has 4 atom stereocenters. The zero-order chi connectivity index (χ0) is 21.3. The number of hydrazone groups is 1. The van der Waals surface area contributed by atoms with E-state index in [1.807, 2.05) is 12.1 Å². The number of hydrogen-bond donors (Lipinski definition) is 5. The Balaban J connectivity index is 1.58. The summed E-state index contributed by atoms with van der Waals surface area (Å²) in [5.41, 5.74) is 10.1. The Bertz CT molecular complexity index is 1060. The number of aromatic nitrogens is 4. The summed E-state index contributed by atoms with van der Waals surface area (Å²) in [4.78, 5) is 12.6. The van der Waals surface area contributed by atoms with Crippen LogP contribution in [0.25, 0.3) is 11.2 Å². The van der Waals surface area contributed by atoms with E-state index in [9.17, 15) is 15.3 Å². The number of fused-ring (bicyclic) bond motifs is 1. The van der Waals surface area contributed by atoms with Crippen LogP contribution in [0.3, 0.4) is 0 Å². The lowest BCUT2D eigenvalue weighted by Crippen LogP contribution is -2.33. The van der Waals surface area contributed by atoms with Gasteiger partial charge in [0.2, 0.25) is 5.95 Å². The molecular weight excluding hydrogens is 394 g/mol. The highest BCUT2D eigenvalue weighted by molar-refractivity contribution is 5.83. The molecular formula is C18H21N7O5. The average Bonchev–Trinajstić information content (AvgIpc) is 3.30. The van der Waals surface area contributed by atoms with E-state index < -0.39 is 31.1 Å². The summed E-state index contributed by atoms with van der Waals surface area (Å²) in [6.07, 6.45) is -1.49. The summed E-state index contributed by atoms with van der Waals surface area (Å²) >= 11 is 0. The van der Waals surface area contributed by atoms with Gasteiger partial charge < -0.3 is 30.5 Å². The number of benzene rings is 1. The minimum atomic E-state index is -1.28. The lowest BCUT2D eigenvalue weighted by molar-refractivity contribution is -0.0511. The van der Waals surface area contributed by atoms with Crippen LogP contribution in [0.2, 0.25) is 0 Å². The van der Waals surface area contributed by atoms with Gasteiger partial charge in [-0.3, -0.25) is 4.57 Å². The van der Waals surface area contributed by atoms with Gasteiger partial charge in [0, 0.05) is 0 Å². The predicted octanol–water partition coefficient (Wildman–Crippen LogP) is -0.525. The minimum Gasteiger partial charge on any atom is -0.497 e. The summed E-state index contributed by atoms with van der Waals surface area (Å²) in [5, 5.41) is 33.7. The van der Waals surface area contributed by atoms with Gasteiger partial charge in [0.15, 0.2) is 17.7 Å². The second kappa shape index (κ2) is 8.20. The Morgan fingerprint density at radius 3 is 2.70 bits per heavy atom. The van der Waals surface area contributed by atoms with Crippen molar-refractivity contribution in [2.24, 2.45) is 5.10 Å². The van der Waals surface area contributed by atoms with Crippen LogP contribution >= 0.6 is 0 Å². The van der Waals surface area contributed by atoms with Crippen molar-refractivity contribution in [3.8, 4) is 5.75 Å². The van der Waals surface area contributed by atoms with E-state index in [2.05, 4.69) is 25.5 Å². The van der Waals surface area contributed by atoms with Crippen molar-refractivity contribution in [3.05, 3.63) is 36.2 Å². The van der Waals surface area contributed by atoms with Gasteiger partial charge in [0.1, 0.15) is 29.6 Å². The second-order valence-electron chi connectivity index (χ2n) is 6.63. The molecule has 1 fully saturated rings. The molecule has 1 aliphatic heterocycles. The fourth-order valence-electron chi connectivity index (χ4n) is 3.14. The van der Waals surface area contributed by atoms with E-state index in [0.29, 0.717) is 5.52 Å². The van der Waals surface area contributed by atoms with Crippen molar-refractivity contribution < 1.29 is 24.8 Å². The molecule has 158 valence electrons. The lowest BCUT2D eigenvalue weighted by atomic mass is 10.1. The number of aliphatic hydroxyl groups is 3. The van der Waals surface area contributed by atoms with Crippen LogP contribution < -0.4 is 15.9 Å². The summed E-state index contributed by atoms with van der Waals surface area (Å²) < 4.78 is 12.1. The number of rotatable bonds is 6. The van der Waals surface area contributed by atoms with Crippen molar-refractivity contribution in [2.45, 2.75) is 24.5 Å². The van der Waals surface area contributed by atoms with Crippen LogP contribution in [-0.4, -0.2) is 73.1 Å². The fourth-order valence-corrected chi connectivity index (χ4v) is 3.14. The molecule has 0 aliphatic carbocycles. The van der Waals surface area contributed by atoms with Crippen LogP contribution in [0.4, 0.5) is 11.8 Å². The van der Waals surface area contributed by atoms with Crippen molar-refractivity contribution in [1.29, 1.82) is 0 Å².